The molecule has 7 rings (SSSR count). The molecule has 2 fully saturated rings. The lowest BCUT2D eigenvalue weighted by molar-refractivity contribution is -0.141. The molecule has 0 unspecified atom stereocenters. The van der Waals surface area contributed by atoms with Gasteiger partial charge in [0.15, 0.2) is 0 Å². The summed E-state index contributed by atoms with van der Waals surface area (Å²) in [5.74, 6) is -2.74. The van der Waals surface area contributed by atoms with Crippen molar-refractivity contribution < 1.29 is 38.7 Å². The number of benzene rings is 3. The molecule has 4 aromatic rings. The molecular weight excluding hydrogens is 795 g/mol. The van der Waals surface area contributed by atoms with Gasteiger partial charge in [-0.15, -0.1) is 0 Å². The van der Waals surface area contributed by atoms with Gasteiger partial charge in [0.05, 0.1) is 30.2 Å². The van der Waals surface area contributed by atoms with E-state index in [0.29, 0.717) is 38.5 Å². The Morgan fingerprint density at radius 1 is 0.903 bits per heavy atom. The molecule has 0 spiro atoms. The molecule has 3 N–H and O–H groups in total. The first-order valence-electron chi connectivity index (χ1n) is 22.0. The number of unbranched alkanes of at least 4 members (excludes halogenated alkanes) is 2. The number of hydrogen-bond acceptors (Lipinski definition) is 8. The molecule has 2 saturated heterocycles. The summed E-state index contributed by atoms with van der Waals surface area (Å²) < 4.78 is 14.1. The Labute approximate surface area is 367 Å². The average Bonchev–Trinajstić information content (AvgIpc) is 3.49. The maximum atomic E-state index is 14.5. The molecule has 3 aliphatic rings. The fraction of sp³-hybridized carbons (Fsp3) is 0.400. The van der Waals surface area contributed by atoms with Crippen molar-refractivity contribution in [3.05, 3.63) is 131 Å². The van der Waals surface area contributed by atoms with Gasteiger partial charge in [-0.1, -0.05) is 93.9 Å². The number of pyridine rings is 1. The van der Waals surface area contributed by atoms with Crippen LogP contribution in [0.1, 0.15) is 88.1 Å². The summed E-state index contributed by atoms with van der Waals surface area (Å²) in [6.45, 7) is 10.9. The van der Waals surface area contributed by atoms with Crippen molar-refractivity contribution in [1.29, 1.82) is 0 Å². The second kappa shape index (κ2) is 19.1. The van der Waals surface area contributed by atoms with Gasteiger partial charge in [0, 0.05) is 19.2 Å². The van der Waals surface area contributed by atoms with Crippen molar-refractivity contribution in [2.45, 2.75) is 97.0 Å². The minimum absolute atomic E-state index is 0.0436. The van der Waals surface area contributed by atoms with Gasteiger partial charge in [0.25, 0.3) is 8.32 Å². The number of aromatic hydroxyl groups is 1. The van der Waals surface area contributed by atoms with E-state index in [1.54, 1.807) is 6.20 Å². The van der Waals surface area contributed by atoms with E-state index in [9.17, 15) is 24.5 Å². The van der Waals surface area contributed by atoms with Gasteiger partial charge >= 0.3 is 13.1 Å². The zero-order valence-corrected chi connectivity index (χ0v) is 37.6. The van der Waals surface area contributed by atoms with Gasteiger partial charge in [-0.2, -0.15) is 0 Å². The summed E-state index contributed by atoms with van der Waals surface area (Å²) in [5.41, 5.74) is 6.11. The number of fused-ring (bicyclic) bond motifs is 3. The van der Waals surface area contributed by atoms with Crippen LogP contribution in [0.5, 0.6) is 5.75 Å². The van der Waals surface area contributed by atoms with Gasteiger partial charge < -0.3 is 24.3 Å². The van der Waals surface area contributed by atoms with Crippen LogP contribution in [0.2, 0.25) is 11.4 Å². The van der Waals surface area contributed by atoms with E-state index in [4.69, 9.17) is 19.2 Å². The van der Waals surface area contributed by atoms with Gasteiger partial charge in [-0.05, 0) is 137 Å². The second-order valence-corrected chi connectivity index (χ2v) is 22.5. The molecule has 62 heavy (non-hydrogen) atoms. The number of phenolic OH excluding ortho intramolecular Hbond substituents is 1. The standard InChI is InChI=1S/C50H59BN2O8Si/c1-33-27-35(28-34(2)47(33)56)29-36(42-21-14-15-25-52-42)23-24-43-45-37(32-60-62(50(3,4)5,38-17-9-6-10-18-38)39-19-11-7-12-20-39)30-40-46(41(45)31-51(59)61-43)49(58)53(48(40)57)26-16-8-13-22-44(54)55/h6-7,9-12,14-15,17-21,25,27-29,40-41,43,46,56,59H,8,13,16,22-24,26,30-32H2,1-5H3,(H,54,55)/b36-29-/t40-,41+,43-,46-/m1/s1. The molecular formula is C50H59BN2O8Si. The van der Waals surface area contributed by atoms with Crippen molar-refractivity contribution in [2.24, 2.45) is 17.8 Å². The summed E-state index contributed by atoms with van der Waals surface area (Å²) >= 11 is 0. The number of hydrogen-bond donors (Lipinski definition) is 3. The fourth-order valence-corrected chi connectivity index (χ4v) is 14.8. The predicted molar refractivity (Wildman–Crippen MR) is 245 cm³/mol. The molecule has 324 valence electrons. The van der Waals surface area contributed by atoms with Gasteiger partial charge in [-0.3, -0.25) is 24.3 Å². The Morgan fingerprint density at radius 2 is 1.55 bits per heavy atom. The Bertz CT molecular complexity index is 2250. The number of aromatic nitrogens is 1. The third kappa shape index (κ3) is 9.29. The van der Waals surface area contributed by atoms with Gasteiger partial charge in [0.2, 0.25) is 11.8 Å². The number of carboxylic acid groups (broad SMARTS) is 1. The second-order valence-electron chi connectivity index (χ2n) is 18.2. The van der Waals surface area contributed by atoms with E-state index in [1.165, 1.54) is 4.90 Å². The van der Waals surface area contributed by atoms with E-state index >= 15 is 0 Å². The Hall–Kier alpha value is -5.14. The monoisotopic (exact) mass is 854 g/mol. The minimum Gasteiger partial charge on any atom is -0.507 e. The Morgan fingerprint density at radius 3 is 2.15 bits per heavy atom. The number of aliphatic carboxylic acids is 1. The number of imide groups is 1. The smallest absolute Gasteiger partial charge is 0.455 e. The highest BCUT2D eigenvalue weighted by atomic mass is 28.4. The minimum atomic E-state index is -3.04. The third-order valence-corrected chi connectivity index (χ3v) is 18.1. The first kappa shape index (κ1) is 44.9. The Balaban J connectivity index is 1.29. The van der Waals surface area contributed by atoms with Crippen molar-refractivity contribution in [2.75, 3.05) is 13.2 Å². The van der Waals surface area contributed by atoms with Crippen LogP contribution < -0.4 is 10.4 Å². The lowest BCUT2D eigenvalue weighted by Crippen LogP contribution is -2.66. The number of likely N-dealkylation sites (tertiary alicyclic amines) is 1. The summed E-state index contributed by atoms with van der Waals surface area (Å²) in [5, 5.41) is 33.1. The fourth-order valence-electron chi connectivity index (χ4n) is 10.2. The lowest BCUT2D eigenvalue weighted by Gasteiger charge is -2.46. The largest absolute Gasteiger partial charge is 0.507 e. The highest BCUT2D eigenvalue weighted by Crippen LogP contribution is 2.51. The van der Waals surface area contributed by atoms with E-state index in [1.807, 2.05) is 56.3 Å². The van der Waals surface area contributed by atoms with Crippen LogP contribution in [0.15, 0.2) is 108 Å². The lowest BCUT2D eigenvalue weighted by atomic mass is 9.58. The molecule has 2 aliphatic heterocycles. The number of allylic oxidation sites excluding steroid dienone is 1. The van der Waals surface area contributed by atoms with Crippen molar-refractivity contribution in [3.8, 4) is 5.75 Å². The Kier molecular flexibility index (Phi) is 13.8. The zero-order chi connectivity index (χ0) is 44.2. The molecule has 12 heteroatoms. The van der Waals surface area contributed by atoms with Crippen LogP contribution in [-0.2, 0) is 23.5 Å². The van der Waals surface area contributed by atoms with E-state index in [0.717, 1.165) is 49.5 Å². The molecule has 2 amide bonds. The van der Waals surface area contributed by atoms with Gasteiger partial charge in [0.1, 0.15) is 5.75 Å². The normalized spacial score (nSPS) is 20.7. The number of carboxylic acids is 1. The quantitative estimate of drug-likeness (QED) is 0.0446. The third-order valence-electron chi connectivity index (χ3n) is 13.1. The number of rotatable bonds is 16. The maximum Gasteiger partial charge on any atom is 0.455 e. The van der Waals surface area contributed by atoms with Crippen LogP contribution in [0, 0.1) is 31.6 Å². The van der Waals surface area contributed by atoms with Crippen LogP contribution in [0.25, 0.3) is 11.6 Å². The average molecular weight is 855 g/mol. The summed E-state index contributed by atoms with van der Waals surface area (Å²) in [7, 11) is -4.19. The van der Waals surface area contributed by atoms with E-state index in [2.05, 4.69) is 75.4 Å². The highest BCUT2D eigenvalue weighted by molar-refractivity contribution is 6.99. The van der Waals surface area contributed by atoms with Crippen LogP contribution in [0.3, 0.4) is 0 Å². The molecule has 3 heterocycles. The molecule has 4 atom stereocenters. The number of aryl methyl sites for hydroxylation is 2. The SMILES string of the molecule is Cc1cc(/C=C(/CC[C@H]2OB(O)C[C@H]3C2=C(CO[Si](c2ccccc2)(c2ccccc2)C(C)(C)C)C[C@H]2C(=O)N(CCCCCC(=O)O)C(=O)[C@H]23)c2ccccn2)cc(C)c1O. The molecule has 3 aromatic carbocycles. The van der Waals surface area contributed by atoms with Crippen LogP contribution >= 0.6 is 0 Å². The molecule has 1 aliphatic carbocycles. The van der Waals surface area contributed by atoms with Crippen molar-refractivity contribution >= 4 is 55.2 Å². The summed E-state index contributed by atoms with van der Waals surface area (Å²) in [6.07, 6.45) is 6.41. The number of carbonyl (C=O) groups is 3. The molecule has 1 aromatic heterocycles. The van der Waals surface area contributed by atoms with E-state index in [-0.39, 0.29) is 48.5 Å². The van der Waals surface area contributed by atoms with Crippen molar-refractivity contribution in [1.82, 2.24) is 9.88 Å². The first-order chi connectivity index (χ1) is 29.7. The maximum absolute atomic E-state index is 14.5. The number of phenols is 1. The first-order valence-corrected chi connectivity index (χ1v) is 23.9. The highest BCUT2D eigenvalue weighted by Gasteiger charge is 2.58. The molecule has 0 saturated carbocycles. The van der Waals surface area contributed by atoms with Crippen molar-refractivity contribution in [3.63, 3.8) is 0 Å². The number of carbonyl (C=O) groups excluding carboxylic acids is 2. The number of amides is 2. The van der Waals surface area contributed by atoms with E-state index < -0.39 is 45.3 Å². The van der Waals surface area contributed by atoms with Crippen LogP contribution in [0.4, 0.5) is 0 Å². The van der Waals surface area contributed by atoms with Crippen LogP contribution in [-0.4, -0.2) is 77.6 Å². The predicted octanol–water partition coefficient (Wildman–Crippen LogP) is 7.74. The van der Waals surface area contributed by atoms with Gasteiger partial charge in [-0.25, -0.2) is 0 Å². The summed E-state index contributed by atoms with van der Waals surface area (Å²) in [6, 6.07) is 30.6. The molecule has 10 nitrogen and oxygen atoms in total. The summed E-state index contributed by atoms with van der Waals surface area (Å²) in [4.78, 5) is 46.1. The topological polar surface area (TPSA) is 146 Å². The zero-order valence-electron chi connectivity index (χ0n) is 36.6. The number of nitrogens with zero attached hydrogens (tertiary/aromatic N) is 2. The molecule has 0 radical (unpaired) electrons. The molecule has 0 bridgehead atoms.